The fraction of sp³-hybridized carbons (Fsp3) is 0.250. The molecule has 0 heterocycles. The van der Waals surface area contributed by atoms with E-state index in [-0.39, 0.29) is 16.4 Å². The number of alkyl halides is 3. The number of nitrogens with one attached hydrogen (secondary N) is 1. The Kier molecular flexibility index (Phi) is 4.72. The SMILES string of the molecule is C=C(OCC)C(=S)Nc1ccccc1C(F)(F)F. The Bertz CT molecular complexity index is 457. The molecule has 0 amide bonds. The largest absolute Gasteiger partial charge is 0.491 e. The van der Waals surface area contributed by atoms with Gasteiger partial charge in [0.15, 0.2) is 0 Å². The number of anilines is 1. The standard InChI is InChI=1S/C12H12F3NOS/c1-3-17-8(2)11(18)16-10-7-5-4-6-9(10)12(13,14)15/h4-7H,2-3H2,1H3,(H,16,18). The third-order valence-corrected chi connectivity index (χ3v) is 2.38. The predicted molar refractivity (Wildman–Crippen MR) is 68.4 cm³/mol. The number of thiocarbonyl (C=S) groups is 1. The molecule has 0 unspecified atom stereocenters. The van der Waals surface area contributed by atoms with Gasteiger partial charge >= 0.3 is 6.18 Å². The van der Waals surface area contributed by atoms with Crippen molar-refractivity contribution in [1.82, 2.24) is 0 Å². The van der Waals surface area contributed by atoms with Crippen molar-refractivity contribution >= 4 is 22.9 Å². The Balaban J connectivity index is 2.92. The van der Waals surface area contributed by atoms with Gasteiger partial charge in [-0.15, -0.1) is 0 Å². The van der Waals surface area contributed by atoms with Crippen molar-refractivity contribution in [3.05, 3.63) is 42.2 Å². The molecule has 0 radical (unpaired) electrons. The van der Waals surface area contributed by atoms with Gasteiger partial charge in [0.25, 0.3) is 0 Å². The molecule has 0 aliphatic rings. The minimum Gasteiger partial charge on any atom is -0.491 e. The highest BCUT2D eigenvalue weighted by atomic mass is 32.1. The molecular formula is C12H12F3NOS. The van der Waals surface area contributed by atoms with Crippen LogP contribution in [-0.4, -0.2) is 11.6 Å². The van der Waals surface area contributed by atoms with Crippen LogP contribution in [0.25, 0.3) is 0 Å². The fourth-order valence-corrected chi connectivity index (χ4v) is 1.44. The Morgan fingerprint density at radius 2 is 2.00 bits per heavy atom. The average Bonchev–Trinajstić information content (AvgIpc) is 2.28. The highest BCUT2D eigenvalue weighted by molar-refractivity contribution is 7.81. The van der Waals surface area contributed by atoms with E-state index in [1.807, 2.05) is 0 Å². The average molecular weight is 275 g/mol. The Labute approximate surface area is 108 Å². The molecule has 0 aliphatic heterocycles. The van der Waals surface area contributed by atoms with Crippen LogP contribution in [0.2, 0.25) is 0 Å². The van der Waals surface area contributed by atoms with E-state index in [2.05, 4.69) is 11.9 Å². The highest BCUT2D eigenvalue weighted by Crippen LogP contribution is 2.34. The number of hydrogen-bond donors (Lipinski definition) is 1. The maximum absolute atomic E-state index is 12.7. The third kappa shape index (κ3) is 3.73. The van der Waals surface area contributed by atoms with Gasteiger partial charge in [-0.25, -0.2) is 0 Å². The van der Waals surface area contributed by atoms with Crippen LogP contribution >= 0.6 is 12.2 Å². The van der Waals surface area contributed by atoms with E-state index in [0.29, 0.717) is 6.61 Å². The molecule has 1 N–H and O–H groups in total. The normalized spacial score (nSPS) is 10.9. The van der Waals surface area contributed by atoms with Crippen molar-refractivity contribution in [1.29, 1.82) is 0 Å². The number of hydrogen-bond acceptors (Lipinski definition) is 2. The van der Waals surface area contributed by atoms with Crippen molar-refractivity contribution in [2.75, 3.05) is 11.9 Å². The van der Waals surface area contributed by atoms with Crippen LogP contribution in [0, 0.1) is 0 Å². The van der Waals surface area contributed by atoms with Crippen LogP contribution in [0.4, 0.5) is 18.9 Å². The van der Waals surface area contributed by atoms with Gasteiger partial charge in [0.2, 0.25) is 0 Å². The molecule has 18 heavy (non-hydrogen) atoms. The van der Waals surface area contributed by atoms with E-state index in [1.165, 1.54) is 18.2 Å². The smallest absolute Gasteiger partial charge is 0.418 e. The van der Waals surface area contributed by atoms with E-state index >= 15 is 0 Å². The van der Waals surface area contributed by atoms with Gasteiger partial charge in [-0.3, -0.25) is 0 Å². The second-order valence-electron chi connectivity index (χ2n) is 3.35. The number of benzene rings is 1. The van der Waals surface area contributed by atoms with Crippen LogP contribution < -0.4 is 5.32 Å². The number of para-hydroxylation sites is 1. The summed E-state index contributed by atoms with van der Waals surface area (Å²) in [6.07, 6.45) is -4.44. The lowest BCUT2D eigenvalue weighted by atomic mass is 10.1. The summed E-state index contributed by atoms with van der Waals surface area (Å²) in [5, 5.41) is 2.49. The van der Waals surface area contributed by atoms with Gasteiger partial charge in [0, 0.05) is 0 Å². The molecule has 1 rings (SSSR count). The van der Waals surface area contributed by atoms with Gasteiger partial charge in [0.1, 0.15) is 10.7 Å². The van der Waals surface area contributed by atoms with Crippen molar-refractivity contribution in [2.24, 2.45) is 0 Å². The maximum Gasteiger partial charge on any atom is 0.418 e. The van der Waals surface area contributed by atoms with Crippen LogP contribution in [0.3, 0.4) is 0 Å². The molecule has 0 aromatic heterocycles. The lowest BCUT2D eigenvalue weighted by Crippen LogP contribution is -2.17. The molecule has 6 heteroatoms. The number of rotatable bonds is 4. The van der Waals surface area contributed by atoms with Crippen LogP contribution in [0.1, 0.15) is 12.5 Å². The lowest BCUT2D eigenvalue weighted by molar-refractivity contribution is -0.136. The summed E-state index contributed by atoms with van der Waals surface area (Å²) in [6.45, 7) is 5.61. The maximum atomic E-state index is 12.7. The van der Waals surface area contributed by atoms with Crippen molar-refractivity contribution < 1.29 is 17.9 Å². The van der Waals surface area contributed by atoms with Crippen molar-refractivity contribution in [3.8, 4) is 0 Å². The van der Waals surface area contributed by atoms with Gasteiger partial charge in [0.05, 0.1) is 17.9 Å². The van der Waals surface area contributed by atoms with E-state index in [1.54, 1.807) is 6.92 Å². The Morgan fingerprint density at radius 1 is 1.39 bits per heavy atom. The summed E-state index contributed by atoms with van der Waals surface area (Å²) in [4.78, 5) is 0.0357. The van der Waals surface area contributed by atoms with Crippen LogP contribution in [-0.2, 0) is 10.9 Å². The zero-order chi connectivity index (χ0) is 13.8. The number of halogens is 3. The van der Waals surface area contributed by atoms with E-state index in [4.69, 9.17) is 17.0 Å². The molecule has 0 spiro atoms. The zero-order valence-corrected chi connectivity index (χ0v) is 10.5. The summed E-state index contributed by atoms with van der Waals surface area (Å²) < 4.78 is 43.2. The van der Waals surface area contributed by atoms with Crippen molar-refractivity contribution in [2.45, 2.75) is 13.1 Å². The first kappa shape index (κ1) is 14.5. The van der Waals surface area contributed by atoms with E-state index < -0.39 is 11.7 Å². The molecule has 0 aliphatic carbocycles. The van der Waals surface area contributed by atoms with Crippen LogP contribution in [0.15, 0.2) is 36.6 Å². The van der Waals surface area contributed by atoms with Crippen molar-refractivity contribution in [3.63, 3.8) is 0 Å². The Hall–Kier alpha value is -1.56. The molecule has 0 atom stereocenters. The monoisotopic (exact) mass is 275 g/mol. The quantitative estimate of drug-likeness (QED) is 0.510. The van der Waals surface area contributed by atoms with E-state index in [9.17, 15) is 13.2 Å². The van der Waals surface area contributed by atoms with Gasteiger partial charge < -0.3 is 10.1 Å². The summed E-state index contributed by atoms with van der Waals surface area (Å²) in [6, 6.07) is 5.08. The zero-order valence-electron chi connectivity index (χ0n) is 9.67. The third-order valence-electron chi connectivity index (χ3n) is 2.05. The Morgan fingerprint density at radius 3 is 2.56 bits per heavy atom. The summed E-state index contributed by atoms with van der Waals surface area (Å²) in [7, 11) is 0. The highest BCUT2D eigenvalue weighted by Gasteiger charge is 2.33. The second kappa shape index (κ2) is 5.86. The first-order valence-electron chi connectivity index (χ1n) is 5.15. The van der Waals surface area contributed by atoms with Gasteiger partial charge in [-0.2, -0.15) is 13.2 Å². The molecule has 0 saturated heterocycles. The van der Waals surface area contributed by atoms with E-state index in [0.717, 1.165) is 6.07 Å². The molecule has 1 aromatic carbocycles. The van der Waals surface area contributed by atoms with Gasteiger partial charge in [-0.05, 0) is 19.1 Å². The summed E-state index contributed by atoms with van der Waals surface area (Å²) in [5.41, 5.74) is -0.896. The molecule has 2 nitrogen and oxygen atoms in total. The molecule has 98 valence electrons. The summed E-state index contributed by atoms with van der Waals surface area (Å²) >= 11 is 4.90. The second-order valence-corrected chi connectivity index (χ2v) is 3.76. The fourth-order valence-electron chi connectivity index (χ4n) is 1.27. The molecule has 0 fully saturated rings. The molecular weight excluding hydrogens is 263 g/mol. The van der Waals surface area contributed by atoms with Gasteiger partial charge in [-0.1, -0.05) is 30.9 Å². The molecule has 1 aromatic rings. The molecule has 0 bridgehead atoms. The van der Waals surface area contributed by atoms with Crippen LogP contribution in [0.5, 0.6) is 0 Å². The number of ether oxygens (including phenoxy) is 1. The molecule has 0 saturated carbocycles. The first-order chi connectivity index (χ1) is 8.36. The minimum absolute atomic E-state index is 0.0357. The predicted octanol–water partition coefficient (Wildman–Crippen LogP) is 3.99. The topological polar surface area (TPSA) is 21.3 Å². The first-order valence-corrected chi connectivity index (χ1v) is 5.56. The summed E-state index contributed by atoms with van der Waals surface area (Å²) in [5.74, 6) is 0.143. The lowest BCUT2D eigenvalue weighted by Gasteiger charge is -2.15. The minimum atomic E-state index is -4.44.